The number of carbonyl (C=O) groups is 1. The number of hydrogen-bond donors (Lipinski definition) is 2. The number of nitrogens with zero attached hydrogens (tertiary/aromatic N) is 1. The second kappa shape index (κ2) is 6.84. The zero-order valence-electron chi connectivity index (χ0n) is 13.5. The third kappa shape index (κ3) is 3.88. The van der Waals surface area contributed by atoms with E-state index in [2.05, 4.69) is 15.5 Å². The highest BCUT2D eigenvalue weighted by Crippen LogP contribution is 2.34. The lowest BCUT2D eigenvalue weighted by Crippen LogP contribution is -2.14. The number of H-pyrrole nitrogens is 1. The summed E-state index contributed by atoms with van der Waals surface area (Å²) in [5.74, 6) is -0.642. The van der Waals surface area contributed by atoms with Crippen LogP contribution in [-0.2, 0) is 6.18 Å². The van der Waals surface area contributed by atoms with Crippen LogP contribution < -0.4 is 5.32 Å². The van der Waals surface area contributed by atoms with E-state index in [1.165, 1.54) is 6.07 Å². The summed E-state index contributed by atoms with van der Waals surface area (Å²) >= 11 is 5.89. The zero-order chi connectivity index (χ0) is 18.9. The highest BCUT2D eigenvalue weighted by Gasteiger charge is 2.31. The van der Waals surface area contributed by atoms with Crippen molar-refractivity contribution in [2.75, 3.05) is 5.32 Å². The van der Waals surface area contributed by atoms with Crippen LogP contribution in [0.15, 0.2) is 48.5 Å². The van der Waals surface area contributed by atoms with Gasteiger partial charge in [0.25, 0.3) is 5.91 Å². The van der Waals surface area contributed by atoms with E-state index < -0.39 is 17.6 Å². The molecule has 0 radical (unpaired) electrons. The Morgan fingerprint density at radius 1 is 1.12 bits per heavy atom. The molecule has 0 saturated carbocycles. The first-order valence-corrected chi connectivity index (χ1v) is 7.92. The van der Waals surface area contributed by atoms with Crippen molar-refractivity contribution < 1.29 is 18.0 Å². The number of anilines is 1. The number of alkyl halides is 3. The molecule has 8 heteroatoms. The Morgan fingerprint density at radius 2 is 1.81 bits per heavy atom. The lowest BCUT2D eigenvalue weighted by Gasteiger charge is -2.11. The van der Waals surface area contributed by atoms with Crippen LogP contribution in [0.4, 0.5) is 18.9 Å². The molecular formula is C18H13ClF3N3O. The molecule has 0 saturated heterocycles. The SMILES string of the molecule is Cc1ccc(-c2cc(C(=O)Nc3cc(C(F)(F)F)ccc3Cl)[nH]n2)cc1. The van der Waals surface area contributed by atoms with Gasteiger partial charge in [-0.3, -0.25) is 9.89 Å². The molecule has 0 aliphatic heterocycles. The molecule has 0 aliphatic rings. The zero-order valence-corrected chi connectivity index (χ0v) is 14.2. The molecule has 1 aromatic heterocycles. The van der Waals surface area contributed by atoms with Crippen LogP contribution in [0, 0.1) is 6.92 Å². The van der Waals surface area contributed by atoms with E-state index in [9.17, 15) is 18.0 Å². The fourth-order valence-electron chi connectivity index (χ4n) is 2.30. The van der Waals surface area contributed by atoms with Crippen molar-refractivity contribution in [1.29, 1.82) is 0 Å². The van der Waals surface area contributed by atoms with E-state index in [1.807, 2.05) is 31.2 Å². The highest BCUT2D eigenvalue weighted by molar-refractivity contribution is 6.33. The normalized spacial score (nSPS) is 11.4. The van der Waals surface area contributed by atoms with Gasteiger partial charge in [-0.25, -0.2) is 0 Å². The molecule has 0 fully saturated rings. The van der Waals surface area contributed by atoms with Gasteiger partial charge >= 0.3 is 6.18 Å². The first-order chi connectivity index (χ1) is 12.2. The fraction of sp³-hybridized carbons (Fsp3) is 0.111. The molecule has 1 heterocycles. The molecule has 0 spiro atoms. The predicted molar refractivity (Wildman–Crippen MR) is 93.2 cm³/mol. The van der Waals surface area contributed by atoms with Crippen LogP contribution >= 0.6 is 11.6 Å². The van der Waals surface area contributed by atoms with Gasteiger partial charge in [0.1, 0.15) is 5.69 Å². The molecule has 0 unspecified atom stereocenters. The van der Waals surface area contributed by atoms with Crippen LogP contribution in [0.3, 0.4) is 0 Å². The number of aromatic nitrogens is 2. The molecular weight excluding hydrogens is 367 g/mol. The van der Waals surface area contributed by atoms with E-state index in [0.29, 0.717) is 5.69 Å². The minimum Gasteiger partial charge on any atom is -0.319 e. The summed E-state index contributed by atoms with van der Waals surface area (Å²) in [7, 11) is 0. The van der Waals surface area contributed by atoms with Crippen molar-refractivity contribution >= 4 is 23.2 Å². The summed E-state index contributed by atoms with van der Waals surface area (Å²) in [5, 5.41) is 9.01. The second-order valence-electron chi connectivity index (χ2n) is 5.68. The van der Waals surface area contributed by atoms with Crippen LogP contribution in [0.2, 0.25) is 5.02 Å². The van der Waals surface area contributed by atoms with E-state index >= 15 is 0 Å². The van der Waals surface area contributed by atoms with Gasteiger partial charge in [0.2, 0.25) is 0 Å². The monoisotopic (exact) mass is 379 g/mol. The van der Waals surface area contributed by atoms with Crippen LogP contribution in [0.1, 0.15) is 21.6 Å². The third-order valence-electron chi connectivity index (χ3n) is 3.71. The number of nitrogens with one attached hydrogen (secondary N) is 2. The second-order valence-corrected chi connectivity index (χ2v) is 6.09. The minimum absolute atomic E-state index is 0.00428. The van der Waals surface area contributed by atoms with Gasteiger partial charge in [0.05, 0.1) is 22.0 Å². The first-order valence-electron chi connectivity index (χ1n) is 7.54. The predicted octanol–water partition coefficient (Wildman–Crippen LogP) is 5.31. The molecule has 26 heavy (non-hydrogen) atoms. The average molecular weight is 380 g/mol. The van der Waals surface area contributed by atoms with Gasteiger partial charge in [-0.15, -0.1) is 0 Å². The average Bonchev–Trinajstić information content (AvgIpc) is 3.06. The Hall–Kier alpha value is -2.80. The Morgan fingerprint density at radius 3 is 2.46 bits per heavy atom. The highest BCUT2D eigenvalue weighted by atomic mass is 35.5. The van der Waals surface area contributed by atoms with Crippen molar-refractivity contribution in [2.24, 2.45) is 0 Å². The summed E-state index contributed by atoms with van der Waals surface area (Å²) in [4.78, 5) is 12.3. The Kier molecular flexibility index (Phi) is 4.73. The molecule has 0 atom stereocenters. The van der Waals surface area contributed by atoms with Crippen molar-refractivity contribution in [3.05, 3.63) is 70.4 Å². The summed E-state index contributed by atoms with van der Waals surface area (Å²) in [6.45, 7) is 1.95. The molecule has 0 bridgehead atoms. The lowest BCUT2D eigenvalue weighted by atomic mass is 10.1. The fourth-order valence-corrected chi connectivity index (χ4v) is 2.46. The van der Waals surface area contributed by atoms with Crippen LogP contribution in [0.5, 0.6) is 0 Å². The van der Waals surface area contributed by atoms with Gasteiger partial charge in [-0.1, -0.05) is 41.4 Å². The topological polar surface area (TPSA) is 57.8 Å². The molecule has 2 aromatic carbocycles. The van der Waals surface area contributed by atoms with E-state index in [4.69, 9.17) is 11.6 Å². The van der Waals surface area contributed by atoms with Gasteiger partial charge in [0.15, 0.2) is 0 Å². The van der Waals surface area contributed by atoms with Crippen molar-refractivity contribution in [3.63, 3.8) is 0 Å². The Labute approximate surface area is 152 Å². The first kappa shape index (κ1) is 18.0. The van der Waals surface area contributed by atoms with Crippen LogP contribution in [0.25, 0.3) is 11.3 Å². The third-order valence-corrected chi connectivity index (χ3v) is 4.04. The number of halogens is 4. The quantitative estimate of drug-likeness (QED) is 0.648. The number of rotatable bonds is 3. The van der Waals surface area contributed by atoms with Crippen molar-refractivity contribution in [3.8, 4) is 11.3 Å². The molecule has 134 valence electrons. The molecule has 3 aromatic rings. The standard InChI is InChI=1S/C18H13ClF3N3O/c1-10-2-4-11(5-3-10)14-9-16(25-24-14)17(26)23-15-8-12(18(20,21)22)6-7-13(15)19/h2-9H,1H3,(H,23,26)(H,24,25). The smallest absolute Gasteiger partial charge is 0.319 e. The summed E-state index contributed by atoms with van der Waals surface area (Å²) in [6.07, 6.45) is -4.53. The molecule has 0 aliphatic carbocycles. The van der Waals surface area contributed by atoms with Gasteiger partial charge in [-0.05, 0) is 31.2 Å². The number of hydrogen-bond acceptors (Lipinski definition) is 2. The Bertz CT molecular complexity index is 949. The number of aromatic amines is 1. The molecule has 3 rings (SSSR count). The van der Waals surface area contributed by atoms with Gasteiger partial charge < -0.3 is 5.32 Å². The van der Waals surface area contributed by atoms with Gasteiger partial charge in [0, 0.05) is 5.56 Å². The lowest BCUT2D eigenvalue weighted by molar-refractivity contribution is -0.137. The maximum absolute atomic E-state index is 12.8. The molecule has 2 N–H and O–H groups in total. The molecule has 1 amide bonds. The largest absolute Gasteiger partial charge is 0.416 e. The minimum atomic E-state index is -4.53. The maximum Gasteiger partial charge on any atom is 0.416 e. The number of amides is 1. The van der Waals surface area contributed by atoms with Crippen LogP contribution in [-0.4, -0.2) is 16.1 Å². The van der Waals surface area contributed by atoms with E-state index in [1.54, 1.807) is 0 Å². The van der Waals surface area contributed by atoms with Gasteiger partial charge in [-0.2, -0.15) is 18.3 Å². The summed E-state index contributed by atoms with van der Waals surface area (Å²) < 4.78 is 38.4. The van der Waals surface area contributed by atoms with Crippen molar-refractivity contribution in [1.82, 2.24) is 10.2 Å². The van der Waals surface area contributed by atoms with E-state index in [-0.39, 0.29) is 16.4 Å². The van der Waals surface area contributed by atoms with E-state index in [0.717, 1.165) is 29.3 Å². The number of aryl methyl sites for hydroxylation is 1. The molecule has 4 nitrogen and oxygen atoms in total. The van der Waals surface area contributed by atoms with Crippen molar-refractivity contribution in [2.45, 2.75) is 13.1 Å². The summed E-state index contributed by atoms with van der Waals surface area (Å²) in [6, 6.07) is 11.8. The number of benzene rings is 2. The number of carbonyl (C=O) groups excluding carboxylic acids is 1. The summed E-state index contributed by atoms with van der Waals surface area (Å²) in [5.41, 5.74) is 1.52. The Balaban J connectivity index is 1.82. The maximum atomic E-state index is 12.8.